The number of benzene rings is 2. The molecule has 0 atom stereocenters. The van der Waals surface area contributed by atoms with Gasteiger partial charge in [-0.1, -0.05) is 30.3 Å². The van der Waals surface area contributed by atoms with Crippen molar-refractivity contribution in [1.82, 2.24) is 0 Å². The van der Waals surface area contributed by atoms with Crippen molar-refractivity contribution in [2.75, 3.05) is 11.9 Å². The smallest absolute Gasteiger partial charge is 0.341 e. The Morgan fingerprint density at radius 3 is 2.42 bits per heavy atom. The van der Waals surface area contributed by atoms with E-state index in [1.807, 2.05) is 6.07 Å². The Hall–Kier alpha value is -2.99. The Labute approximate surface area is 154 Å². The molecule has 1 N–H and O–H groups in total. The van der Waals surface area contributed by atoms with Gasteiger partial charge in [-0.05, 0) is 36.8 Å². The van der Waals surface area contributed by atoms with Gasteiger partial charge in [-0.2, -0.15) is 0 Å². The number of rotatable bonds is 5. The molecule has 26 heavy (non-hydrogen) atoms. The molecule has 6 heteroatoms. The van der Waals surface area contributed by atoms with E-state index in [9.17, 15) is 14.0 Å². The van der Waals surface area contributed by atoms with Crippen molar-refractivity contribution in [3.8, 4) is 11.1 Å². The number of thiophene rings is 1. The molecule has 0 aliphatic heterocycles. The summed E-state index contributed by atoms with van der Waals surface area (Å²) in [5.74, 6) is -1.21. The lowest BCUT2D eigenvalue weighted by atomic mass is 10.0. The van der Waals surface area contributed by atoms with Crippen LogP contribution in [0.25, 0.3) is 11.1 Å². The number of amides is 1. The fraction of sp³-hybridized carbons (Fsp3) is 0.100. The van der Waals surface area contributed by atoms with E-state index in [1.54, 1.807) is 48.7 Å². The minimum absolute atomic E-state index is 0.212. The van der Waals surface area contributed by atoms with Crippen LogP contribution in [0.3, 0.4) is 0 Å². The number of halogens is 1. The predicted octanol–water partition coefficient (Wildman–Crippen LogP) is 4.98. The molecule has 1 heterocycles. The Kier molecular flexibility index (Phi) is 5.43. The van der Waals surface area contributed by atoms with Crippen molar-refractivity contribution < 1.29 is 18.7 Å². The summed E-state index contributed by atoms with van der Waals surface area (Å²) in [6.45, 7) is 1.92. The molecule has 1 aromatic heterocycles. The number of hydrogen-bond donors (Lipinski definition) is 1. The molecular formula is C20H16FNO3S. The van der Waals surface area contributed by atoms with E-state index in [2.05, 4.69) is 5.32 Å². The number of carbonyl (C=O) groups excluding carboxylic acids is 2. The van der Waals surface area contributed by atoms with E-state index in [-0.39, 0.29) is 23.9 Å². The summed E-state index contributed by atoms with van der Waals surface area (Å²) in [6, 6.07) is 14.5. The molecular weight excluding hydrogens is 353 g/mol. The van der Waals surface area contributed by atoms with Crippen molar-refractivity contribution in [3.05, 3.63) is 76.9 Å². The molecule has 1 amide bonds. The number of esters is 1. The molecule has 0 fully saturated rings. The summed E-state index contributed by atoms with van der Waals surface area (Å²) in [7, 11) is 0. The lowest BCUT2D eigenvalue weighted by Crippen LogP contribution is -2.14. The fourth-order valence-electron chi connectivity index (χ4n) is 2.46. The molecule has 0 saturated heterocycles. The normalized spacial score (nSPS) is 10.4. The van der Waals surface area contributed by atoms with E-state index in [1.165, 1.54) is 23.5 Å². The maximum atomic E-state index is 13.2. The largest absolute Gasteiger partial charge is 0.462 e. The fourth-order valence-corrected chi connectivity index (χ4v) is 3.41. The van der Waals surface area contributed by atoms with Crippen molar-refractivity contribution in [3.63, 3.8) is 0 Å². The van der Waals surface area contributed by atoms with Crippen molar-refractivity contribution in [2.45, 2.75) is 6.92 Å². The Morgan fingerprint density at radius 2 is 1.77 bits per heavy atom. The van der Waals surface area contributed by atoms with Gasteiger partial charge in [0.1, 0.15) is 16.4 Å². The molecule has 4 nitrogen and oxygen atoms in total. The van der Waals surface area contributed by atoms with Crippen LogP contribution in [-0.4, -0.2) is 18.5 Å². The van der Waals surface area contributed by atoms with E-state index in [0.29, 0.717) is 21.7 Å². The Morgan fingerprint density at radius 1 is 1.08 bits per heavy atom. The van der Waals surface area contributed by atoms with Gasteiger partial charge in [-0.15, -0.1) is 11.3 Å². The highest BCUT2D eigenvalue weighted by Gasteiger charge is 2.23. The molecule has 0 bridgehead atoms. The number of anilines is 1. The van der Waals surface area contributed by atoms with Gasteiger partial charge in [0.2, 0.25) is 0 Å². The third kappa shape index (κ3) is 3.81. The highest BCUT2D eigenvalue weighted by Crippen LogP contribution is 2.36. The second-order valence-corrected chi connectivity index (χ2v) is 6.28. The topological polar surface area (TPSA) is 55.4 Å². The van der Waals surface area contributed by atoms with Gasteiger partial charge >= 0.3 is 5.97 Å². The SMILES string of the molecule is CCOC(=O)c1c(-c2ccc(F)cc2)csc1NC(=O)c1ccccc1. The van der Waals surface area contributed by atoms with E-state index in [0.717, 1.165) is 0 Å². The van der Waals surface area contributed by atoms with Gasteiger partial charge in [0, 0.05) is 16.5 Å². The third-order valence-electron chi connectivity index (χ3n) is 3.69. The molecule has 3 rings (SSSR count). The second-order valence-electron chi connectivity index (χ2n) is 5.40. The maximum absolute atomic E-state index is 13.2. The number of nitrogens with one attached hydrogen (secondary N) is 1. The van der Waals surface area contributed by atoms with E-state index in [4.69, 9.17) is 4.74 Å². The zero-order valence-corrected chi connectivity index (χ0v) is 14.8. The van der Waals surface area contributed by atoms with Crippen LogP contribution >= 0.6 is 11.3 Å². The Bertz CT molecular complexity index is 920. The van der Waals surface area contributed by atoms with Gasteiger partial charge in [0.05, 0.1) is 6.61 Å². The zero-order valence-electron chi connectivity index (χ0n) is 14.0. The minimum Gasteiger partial charge on any atom is -0.462 e. The van der Waals surface area contributed by atoms with Gasteiger partial charge in [0.15, 0.2) is 0 Å². The number of hydrogen-bond acceptors (Lipinski definition) is 4. The highest BCUT2D eigenvalue weighted by molar-refractivity contribution is 7.15. The van der Waals surface area contributed by atoms with E-state index >= 15 is 0 Å². The van der Waals surface area contributed by atoms with Crippen LogP contribution in [0, 0.1) is 5.82 Å². The van der Waals surface area contributed by atoms with Gasteiger partial charge in [-0.25, -0.2) is 9.18 Å². The van der Waals surface area contributed by atoms with Crippen LogP contribution < -0.4 is 5.32 Å². The average molecular weight is 369 g/mol. The first-order valence-electron chi connectivity index (χ1n) is 8.01. The number of ether oxygens (including phenoxy) is 1. The molecule has 0 saturated carbocycles. The van der Waals surface area contributed by atoms with Crippen LogP contribution in [0.5, 0.6) is 0 Å². The molecule has 3 aromatic rings. The molecule has 0 spiro atoms. The van der Waals surface area contributed by atoms with Crippen LogP contribution in [0.2, 0.25) is 0 Å². The molecule has 0 unspecified atom stereocenters. The lowest BCUT2D eigenvalue weighted by Gasteiger charge is -2.09. The summed E-state index contributed by atoms with van der Waals surface area (Å²) >= 11 is 1.23. The summed E-state index contributed by atoms with van der Waals surface area (Å²) in [5, 5.41) is 4.92. The minimum atomic E-state index is -0.531. The maximum Gasteiger partial charge on any atom is 0.341 e. The summed E-state index contributed by atoms with van der Waals surface area (Å²) in [6.07, 6.45) is 0. The van der Waals surface area contributed by atoms with Crippen LogP contribution in [0.4, 0.5) is 9.39 Å². The van der Waals surface area contributed by atoms with Crippen LogP contribution in [0.1, 0.15) is 27.6 Å². The molecule has 0 radical (unpaired) electrons. The summed E-state index contributed by atoms with van der Waals surface area (Å²) in [5.41, 5.74) is 2.02. The van der Waals surface area contributed by atoms with E-state index < -0.39 is 5.97 Å². The number of carbonyl (C=O) groups is 2. The highest BCUT2D eigenvalue weighted by atomic mass is 32.1. The van der Waals surface area contributed by atoms with Gasteiger partial charge in [0.25, 0.3) is 5.91 Å². The van der Waals surface area contributed by atoms with Gasteiger partial charge < -0.3 is 10.1 Å². The molecule has 2 aromatic carbocycles. The van der Waals surface area contributed by atoms with Crippen LogP contribution in [0.15, 0.2) is 60.0 Å². The second kappa shape index (κ2) is 7.93. The summed E-state index contributed by atoms with van der Waals surface area (Å²) in [4.78, 5) is 24.9. The van der Waals surface area contributed by atoms with Gasteiger partial charge in [-0.3, -0.25) is 4.79 Å². The first-order valence-corrected chi connectivity index (χ1v) is 8.89. The monoisotopic (exact) mass is 369 g/mol. The summed E-state index contributed by atoms with van der Waals surface area (Å²) < 4.78 is 18.3. The molecule has 132 valence electrons. The standard InChI is InChI=1S/C20H16FNO3S/c1-2-25-20(24)17-16(13-8-10-15(21)11-9-13)12-26-19(17)22-18(23)14-6-4-3-5-7-14/h3-12H,2H2,1H3,(H,22,23). The first-order chi connectivity index (χ1) is 12.6. The Balaban J connectivity index is 1.98. The van der Waals surface area contributed by atoms with Crippen molar-refractivity contribution >= 4 is 28.2 Å². The van der Waals surface area contributed by atoms with Crippen molar-refractivity contribution in [2.24, 2.45) is 0 Å². The third-order valence-corrected chi connectivity index (χ3v) is 4.58. The lowest BCUT2D eigenvalue weighted by molar-refractivity contribution is 0.0529. The average Bonchev–Trinajstić information content (AvgIpc) is 3.07. The van der Waals surface area contributed by atoms with Crippen LogP contribution in [-0.2, 0) is 4.74 Å². The van der Waals surface area contributed by atoms with Crippen molar-refractivity contribution in [1.29, 1.82) is 0 Å². The quantitative estimate of drug-likeness (QED) is 0.645. The molecule has 0 aliphatic rings. The molecule has 0 aliphatic carbocycles. The first kappa shape index (κ1) is 17.8. The zero-order chi connectivity index (χ0) is 18.5. The predicted molar refractivity (Wildman–Crippen MR) is 100 cm³/mol.